The molecule has 9 heterocycles. The molecule has 0 atom stereocenters. The van der Waals surface area contributed by atoms with Crippen molar-refractivity contribution in [3.63, 3.8) is 0 Å². The summed E-state index contributed by atoms with van der Waals surface area (Å²) in [4.78, 5) is 14.9. The van der Waals surface area contributed by atoms with Gasteiger partial charge in [0.15, 0.2) is 0 Å². The van der Waals surface area contributed by atoms with Gasteiger partial charge in [0.2, 0.25) is 0 Å². The molecule has 6 nitrogen and oxygen atoms in total. The van der Waals surface area contributed by atoms with Crippen LogP contribution in [-0.2, 0) is 0 Å². The average Bonchev–Trinajstić information content (AvgIpc) is 0.686. The molecule has 0 saturated carbocycles. The minimum Gasteiger partial charge on any atom is -0.311 e. The smallest absolute Gasteiger partial charge is 0.251 e. The lowest BCUT2D eigenvalue weighted by molar-refractivity contribution is 0.627. The molecule has 17 aromatic rings. The Morgan fingerprint density at radius 2 is 0.409 bits per heavy atom. The number of halogens is 2. The molecule has 608 valence electrons. The van der Waals surface area contributed by atoms with Crippen LogP contribution < -0.4 is 110 Å². The molecule has 0 amide bonds. The van der Waals surface area contributed by atoms with Crippen LogP contribution in [0, 0.1) is 46.3 Å². The number of para-hydroxylation sites is 4. The predicted octanol–water partition coefficient (Wildman–Crippen LogP) is 19.9. The van der Waals surface area contributed by atoms with Gasteiger partial charge in [-0.25, -0.2) is 8.78 Å². The van der Waals surface area contributed by atoms with E-state index in [4.69, 9.17) is 0 Å². The fourth-order valence-corrected chi connectivity index (χ4v) is 33.5. The molecule has 0 spiro atoms. The Labute approximate surface area is 747 Å². The molecule has 0 aromatic heterocycles. The third kappa shape index (κ3) is 11.2. The maximum Gasteiger partial charge on any atom is 0.251 e. The second kappa shape index (κ2) is 28.4. The number of rotatable bonds is 8. The summed E-state index contributed by atoms with van der Waals surface area (Å²) in [5, 5.41) is 9.20. The van der Waals surface area contributed by atoms with E-state index < -0.39 is 24.2 Å². The zero-order valence-corrected chi connectivity index (χ0v) is 76.2. The molecule has 0 saturated heterocycles. The summed E-state index contributed by atoms with van der Waals surface area (Å²) in [7, 11) is -6.16. The van der Waals surface area contributed by atoms with E-state index in [2.05, 4.69) is 407 Å². The van der Waals surface area contributed by atoms with Crippen molar-refractivity contribution in [3.8, 4) is 22.3 Å². The summed E-state index contributed by atoms with van der Waals surface area (Å²) in [6, 6.07) is 127. The highest BCUT2D eigenvalue weighted by atomic mass is 28.3. The molecule has 127 heavy (non-hydrogen) atoms. The maximum absolute atomic E-state index is 14.1. The standard InChI is InChI=1S/C45H35BN2Si.C35H31BN2Si.C33H25BF2N2Si/c1-30-28-39-43-40(29-30)48(36-23-13-11-21-34(36)32-18-8-5-9-19-32)38-25-15-27-42-45(38)46(43)44-37(24-14-26-41(44)49(42,2)3)47(39)35-22-12-10-20-33(35)31-16-6-4-7-17-31;1-22-16-27-33-28(17-22)38(26-14-10-7-11-15-26)30-19-24(3)21-32-35(30)36(33)34-29(37(27)25-12-8-6-9-13-25)18-23(2)20-31(34)39(32,4)5;1-20-18-27-31-28(19-20)38(24-16-12-22(36)13-17-24)26-7-5-9-30-33(26)34(31)32-25(6-4-8-29(32)39(30,2)3)37(27)23-14-10-21(35)11-15-23/h4-29H,1-3H3;6-21H,1-5H3;4-19H,1-3H3. The van der Waals surface area contributed by atoms with Crippen LogP contribution in [0.3, 0.4) is 0 Å². The van der Waals surface area contributed by atoms with Gasteiger partial charge in [-0.2, -0.15) is 0 Å². The molecular formula is C113H91B3F2N6Si3. The van der Waals surface area contributed by atoms with Gasteiger partial charge in [-0.15, -0.1) is 0 Å². The lowest BCUT2D eigenvalue weighted by atomic mass is 9.33. The van der Waals surface area contributed by atoms with Crippen LogP contribution >= 0.6 is 0 Å². The van der Waals surface area contributed by atoms with E-state index in [0.717, 1.165) is 28.3 Å². The molecule has 0 radical (unpaired) electrons. The zero-order valence-electron chi connectivity index (χ0n) is 73.2. The number of benzene rings is 17. The lowest BCUT2D eigenvalue weighted by Crippen LogP contribution is -2.79. The molecule has 17 aromatic carbocycles. The third-order valence-electron chi connectivity index (χ3n) is 29.0. The van der Waals surface area contributed by atoms with Gasteiger partial charge in [-0.05, 0) is 280 Å². The van der Waals surface area contributed by atoms with E-state index in [1.165, 1.54) is 208 Å². The van der Waals surface area contributed by atoms with Crippen LogP contribution in [0.2, 0.25) is 39.3 Å². The van der Waals surface area contributed by atoms with Crippen LogP contribution in [0.1, 0.15) is 27.8 Å². The van der Waals surface area contributed by atoms with E-state index in [0.29, 0.717) is 0 Å². The summed E-state index contributed by atoms with van der Waals surface area (Å²) >= 11 is 0. The number of nitrogens with zero attached hydrogens (tertiary/aromatic N) is 6. The van der Waals surface area contributed by atoms with E-state index in [1.807, 2.05) is 24.3 Å². The van der Waals surface area contributed by atoms with Gasteiger partial charge < -0.3 is 29.4 Å². The first-order valence-electron chi connectivity index (χ1n) is 44.7. The van der Waals surface area contributed by atoms with Crippen LogP contribution in [-0.4, -0.2) is 44.4 Å². The van der Waals surface area contributed by atoms with E-state index >= 15 is 0 Å². The van der Waals surface area contributed by atoms with Crippen LogP contribution in [0.15, 0.2) is 352 Å². The number of hydrogen-bond acceptors (Lipinski definition) is 6. The lowest BCUT2D eigenvalue weighted by Gasteiger charge is -2.50. The molecule has 9 aliphatic rings. The van der Waals surface area contributed by atoms with Crippen molar-refractivity contribution < 1.29 is 8.78 Å². The van der Waals surface area contributed by atoms with Crippen molar-refractivity contribution in [2.75, 3.05) is 29.4 Å². The van der Waals surface area contributed by atoms with E-state index in [-0.39, 0.29) is 31.8 Å². The van der Waals surface area contributed by atoms with Gasteiger partial charge in [-0.3, -0.25) is 0 Å². The minimum atomic E-state index is -2.09. The Hall–Kier alpha value is -13.8. The summed E-state index contributed by atoms with van der Waals surface area (Å²) in [6.45, 7) is 26.8. The molecule has 0 N–H and O–H groups in total. The van der Waals surface area contributed by atoms with Gasteiger partial charge in [-0.1, -0.05) is 265 Å². The largest absolute Gasteiger partial charge is 0.311 e. The van der Waals surface area contributed by atoms with Crippen LogP contribution in [0.25, 0.3) is 22.3 Å². The monoisotopic (exact) mass is 1690 g/mol. The second-order valence-corrected chi connectivity index (χ2v) is 50.7. The Bertz CT molecular complexity index is 7100. The Morgan fingerprint density at radius 3 is 0.724 bits per heavy atom. The quantitative estimate of drug-likeness (QED) is 0.140. The van der Waals surface area contributed by atoms with Crippen molar-refractivity contribution in [2.45, 2.75) is 73.9 Å². The fourth-order valence-electron chi connectivity index (χ4n) is 23.8. The molecule has 0 fully saturated rings. The minimum absolute atomic E-state index is 0.0990. The number of anilines is 18. The second-order valence-electron chi connectivity index (χ2n) is 37.7. The van der Waals surface area contributed by atoms with Crippen molar-refractivity contribution in [3.05, 3.63) is 391 Å². The number of aryl methyl sites for hydroxylation is 5. The van der Waals surface area contributed by atoms with Crippen molar-refractivity contribution in [1.29, 1.82) is 0 Å². The third-order valence-corrected chi connectivity index (χ3v) is 39.6. The zero-order chi connectivity index (χ0) is 86.1. The summed E-state index contributed by atoms with van der Waals surface area (Å²) < 4.78 is 28.1. The maximum atomic E-state index is 14.1. The highest BCUT2D eigenvalue weighted by Crippen LogP contribution is 2.52. The first kappa shape index (κ1) is 76.9. The molecule has 0 unspecified atom stereocenters. The van der Waals surface area contributed by atoms with Crippen molar-refractivity contribution >= 4 is 227 Å². The van der Waals surface area contributed by atoms with Gasteiger partial charge in [0, 0.05) is 102 Å². The first-order chi connectivity index (χ1) is 61.7. The van der Waals surface area contributed by atoms with E-state index in [9.17, 15) is 8.78 Å². The Balaban J connectivity index is 0.000000107. The topological polar surface area (TPSA) is 19.4 Å². The van der Waals surface area contributed by atoms with Crippen molar-refractivity contribution in [2.24, 2.45) is 0 Å². The molecule has 9 aliphatic heterocycles. The van der Waals surface area contributed by atoms with Crippen molar-refractivity contribution in [1.82, 2.24) is 0 Å². The molecule has 0 bridgehead atoms. The van der Waals surface area contributed by atoms with Crippen LogP contribution in [0.4, 0.5) is 111 Å². The SMILES string of the molecule is Cc1cc2c3c(c1)N(c1ccc(F)cc1)c1cccc4c1B3c1c(cccc1[Si]4(C)C)N2c1ccc(F)cc1.Cc1cc2c3c(c1)N(c1ccccc1)c1cc(C)cc4c1B3c1c(cc(C)cc1[Si]4(C)C)N2c1ccccc1.Cc1cc2c3c(c1)N(c1ccccc1-c1ccccc1)c1cccc4c1B3c1c(cccc1[Si]4(C)C)N2c1ccccc1-c1ccccc1. The highest BCUT2D eigenvalue weighted by molar-refractivity contribution is 7.18. The van der Waals surface area contributed by atoms with Gasteiger partial charge in [0.1, 0.15) is 35.9 Å². The van der Waals surface area contributed by atoms with E-state index in [1.54, 1.807) is 20.7 Å². The normalized spacial score (nSPS) is 15.0. The Morgan fingerprint density at radius 1 is 0.189 bits per heavy atom. The molecule has 26 rings (SSSR count). The Kier molecular flexibility index (Phi) is 17.2. The molecule has 14 heteroatoms. The average molecular weight is 1690 g/mol. The summed E-state index contributed by atoms with van der Waals surface area (Å²) in [6.07, 6.45) is 0. The summed E-state index contributed by atoms with van der Waals surface area (Å²) in [5.41, 5.74) is 46.0. The predicted molar refractivity (Wildman–Crippen MR) is 546 cm³/mol. The van der Waals surface area contributed by atoms with Gasteiger partial charge in [0.05, 0.1) is 11.4 Å². The number of hydrogen-bond donors (Lipinski definition) is 0. The fraction of sp³-hybridized carbons (Fsp3) is 0.0973. The van der Waals surface area contributed by atoms with Gasteiger partial charge in [0.25, 0.3) is 20.1 Å². The molecule has 0 aliphatic carbocycles. The van der Waals surface area contributed by atoms with Crippen LogP contribution in [0.5, 0.6) is 0 Å². The molecular weight excluding hydrogens is 1600 g/mol. The van der Waals surface area contributed by atoms with Gasteiger partial charge >= 0.3 is 0 Å². The first-order valence-corrected chi connectivity index (χ1v) is 53.7. The highest BCUT2D eigenvalue weighted by Gasteiger charge is 2.56. The summed E-state index contributed by atoms with van der Waals surface area (Å²) in [5.74, 6) is -0.491.